The van der Waals surface area contributed by atoms with E-state index in [1.807, 2.05) is 0 Å². The SMILES string of the molecule is Nc1c(-c2ncccn2)cnn1CCO. The van der Waals surface area contributed by atoms with Crippen LogP contribution in [0.3, 0.4) is 0 Å². The van der Waals surface area contributed by atoms with Gasteiger partial charge < -0.3 is 10.8 Å². The van der Waals surface area contributed by atoms with Crippen molar-refractivity contribution in [1.82, 2.24) is 19.7 Å². The summed E-state index contributed by atoms with van der Waals surface area (Å²) in [6, 6.07) is 1.73. The van der Waals surface area contributed by atoms with Crippen molar-refractivity contribution in [2.75, 3.05) is 12.3 Å². The molecule has 6 nitrogen and oxygen atoms in total. The number of nitrogen functional groups attached to an aromatic ring is 1. The van der Waals surface area contributed by atoms with Gasteiger partial charge in [-0.05, 0) is 6.07 Å². The van der Waals surface area contributed by atoms with Gasteiger partial charge in [-0.15, -0.1) is 0 Å². The number of hydrogen-bond acceptors (Lipinski definition) is 5. The van der Waals surface area contributed by atoms with Crippen molar-refractivity contribution in [2.45, 2.75) is 6.54 Å². The minimum absolute atomic E-state index is 0.000959. The number of anilines is 1. The molecule has 0 saturated heterocycles. The molecule has 0 bridgehead atoms. The second kappa shape index (κ2) is 4.05. The summed E-state index contributed by atoms with van der Waals surface area (Å²) in [6.45, 7) is 0.375. The number of aliphatic hydroxyl groups is 1. The first-order valence-electron chi connectivity index (χ1n) is 4.52. The lowest BCUT2D eigenvalue weighted by Crippen LogP contribution is -2.07. The van der Waals surface area contributed by atoms with Crippen molar-refractivity contribution in [3.05, 3.63) is 24.7 Å². The largest absolute Gasteiger partial charge is 0.394 e. The molecule has 0 aliphatic rings. The van der Waals surface area contributed by atoms with Gasteiger partial charge in [0.15, 0.2) is 5.82 Å². The maximum atomic E-state index is 8.78. The van der Waals surface area contributed by atoms with Gasteiger partial charge in [-0.3, -0.25) is 0 Å². The second-order valence-corrected chi connectivity index (χ2v) is 2.96. The number of hydrogen-bond donors (Lipinski definition) is 2. The van der Waals surface area contributed by atoms with Gasteiger partial charge in [0.1, 0.15) is 5.82 Å². The molecule has 0 aliphatic heterocycles. The molecule has 0 saturated carbocycles. The van der Waals surface area contributed by atoms with E-state index < -0.39 is 0 Å². The van der Waals surface area contributed by atoms with Crippen molar-refractivity contribution in [3.63, 3.8) is 0 Å². The molecule has 2 rings (SSSR count). The standard InChI is InChI=1S/C9H11N5O/c10-8-7(6-13-14(8)4-5-15)9-11-2-1-3-12-9/h1-3,6,15H,4-5,10H2. The molecule has 0 aliphatic carbocycles. The average Bonchev–Trinajstić information content (AvgIpc) is 2.63. The molecule has 15 heavy (non-hydrogen) atoms. The number of nitrogens with two attached hydrogens (primary N) is 1. The van der Waals surface area contributed by atoms with Gasteiger partial charge >= 0.3 is 0 Å². The molecule has 2 aromatic heterocycles. The zero-order chi connectivity index (χ0) is 10.7. The Bertz CT molecular complexity index is 439. The molecule has 0 amide bonds. The number of rotatable bonds is 3. The first kappa shape index (κ1) is 9.60. The summed E-state index contributed by atoms with van der Waals surface area (Å²) in [5, 5.41) is 12.8. The van der Waals surface area contributed by atoms with E-state index in [1.54, 1.807) is 24.7 Å². The molecule has 6 heteroatoms. The Kier molecular flexibility index (Phi) is 2.59. The second-order valence-electron chi connectivity index (χ2n) is 2.96. The van der Waals surface area contributed by atoms with Crippen LogP contribution in [0.1, 0.15) is 0 Å². The van der Waals surface area contributed by atoms with Crippen LogP contribution in [-0.4, -0.2) is 31.5 Å². The lowest BCUT2D eigenvalue weighted by atomic mass is 10.3. The maximum Gasteiger partial charge on any atom is 0.164 e. The van der Waals surface area contributed by atoms with Gasteiger partial charge in [0.25, 0.3) is 0 Å². The predicted octanol–water partition coefficient (Wildman–Crippen LogP) is -0.0854. The minimum Gasteiger partial charge on any atom is -0.394 e. The van der Waals surface area contributed by atoms with Crippen molar-refractivity contribution in [1.29, 1.82) is 0 Å². The van der Waals surface area contributed by atoms with E-state index in [-0.39, 0.29) is 6.61 Å². The first-order valence-corrected chi connectivity index (χ1v) is 4.52. The normalized spacial score (nSPS) is 10.5. The highest BCUT2D eigenvalue weighted by Gasteiger charge is 2.10. The third-order valence-electron chi connectivity index (χ3n) is 2.00. The fraction of sp³-hybridized carbons (Fsp3) is 0.222. The van der Waals surface area contributed by atoms with Crippen LogP contribution in [0, 0.1) is 0 Å². The van der Waals surface area contributed by atoms with Crippen LogP contribution in [0.4, 0.5) is 5.82 Å². The Balaban J connectivity index is 2.38. The Hall–Kier alpha value is -1.95. The fourth-order valence-electron chi connectivity index (χ4n) is 1.28. The van der Waals surface area contributed by atoms with Gasteiger partial charge in [0.05, 0.1) is 24.9 Å². The molecule has 0 spiro atoms. The molecule has 0 aromatic carbocycles. The lowest BCUT2D eigenvalue weighted by molar-refractivity contribution is 0.270. The highest BCUT2D eigenvalue weighted by molar-refractivity contribution is 5.67. The predicted molar refractivity (Wildman–Crippen MR) is 54.8 cm³/mol. The Morgan fingerprint density at radius 2 is 2.07 bits per heavy atom. The van der Waals surface area contributed by atoms with Crippen molar-refractivity contribution >= 4 is 5.82 Å². The first-order chi connectivity index (χ1) is 7.33. The molecule has 78 valence electrons. The number of aliphatic hydroxyl groups excluding tert-OH is 1. The van der Waals surface area contributed by atoms with Gasteiger partial charge in [-0.2, -0.15) is 5.10 Å². The molecule has 0 radical (unpaired) electrons. The van der Waals surface area contributed by atoms with Gasteiger partial charge in [0, 0.05) is 12.4 Å². The van der Waals surface area contributed by atoms with E-state index >= 15 is 0 Å². The summed E-state index contributed by atoms with van der Waals surface area (Å²) < 4.78 is 1.52. The van der Waals surface area contributed by atoms with E-state index in [0.717, 1.165) is 0 Å². The molecular weight excluding hydrogens is 194 g/mol. The van der Waals surface area contributed by atoms with Crippen molar-refractivity contribution in [2.24, 2.45) is 0 Å². The summed E-state index contributed by atoms with van der Waals surface area (Å²) in [7, 11) is 0. The molecule has 0 unspecified atom stereocenters. The minimum atomic E-state index is 0.000959. The Labute approximate surface area is 86.4 Å². The van der Waals surface area contributed by atoms with Gasteiger partial charge in [-0.1, -0.05) is 0 Å². The molecular formula is C9H11N5O. The maximum absolute atomic E-state index is 8.78. The zero-order valence-electron chi connectivity index (χ0n) is 8.04. The monoisotopic (exact) mass is 205 g/mol. The van der Waals surface area contributed by atoms with E-state index in [0.29, 0.717) is 23.8 Å². The van der Waals surface area contributed by atoms with Gasteiger partial charge in [-0.25, -0.2) is 14.6 Å². The molecule has 0 fully saturated rings. The van der Waals surface area contributed by atoms with Gasteiger partial charge in [0.2, 0.25) is 0 Å². The van der Waals surface area contributed by atoms with Crippen LogP contribution in [0.15, 0.2) is 24.7 Å². The van der Waals surface area contributed by atoms with Crippen LogP contribution in [0.25, 0.3) is 11.4 Å². The summed E-state index contributed by atoms with van der Waals surface area (Å²) >= 11 is 0. The Morgan fingerprint density at radius 3 is 2.73 bits per heavy atom. The molecule has 2 heterocycles. The molecule has 0 atom stereocenters. The summed E-state index contributed by atoms with van der Waals surface area (Å²) in [5.41, 5.74) is 6.52. The fourth-order valence-corrected chi connectivity index (χ4v) is 1.28. The summed E-state index contributed by atoms with van der Waals surface area (Å²) in [6.07, 6.45) is 4.89. The molecule has 3 N–H and O–H groups in total. The van der Waals surface area contributed by atoms with Crippen LogP contribution in [-0.2, 0) is 6.54 Å². The summed E-state index contributed by atoms with van der Waals surface area (Å²) in [4.78, 5) is 8.15. The quantitative estimate of drug-likeness (QED) is 0.731. The Morgan fingerprint density at radius 1 is 1.33 bits per heavy atom. The van der Waals surface area contributed by atoms with E-state index in [1.165, 1.54) is 4.68 Å². The van der Waals surface area contributed by atoms with Crippen LogP contribution >= 0.6 is 0 Å². The topological polar surface area (TPSA) is 89.9 Å². The van der Waals surface area contributed by atoms with Crippen LogP contribution in [0.5, 0.6) is 0 Å². The lowest BCUT2D eigenvalue weighted by Gasteiger charge is -2.01. The third kappa shape index (κ3) is 1.79. The average molecular weight is 205 g/mol. The van der Waals surface area contributed by atoms with E-state index in [4.69, 9.17) is 10.8 Å². The van der Waals surface area contributed by atoms with Crippen molar-refractivity contribution < 1.29 is 5.11 Å². The molecule has 2 aromatic rings. The number of nitrogens with zero attached hydrogens (tertiary/aromatic N) is 4. The number of aromatic nitrogens is 4. The highest BCUT2D eigenvalue weighted by Crippen LogP contribution is 2.20. The van der Waals surface area contributed by atoms with Crippen molar-refractivity contribution in [3.8, 4) is 11.4 Å². The van der Waals surface area contributed by atoms with Crippen LogP contribution in [0.2, 0.25) is 0 Å². The van der Waals surface area contributed by atoms with Crippen LogP contribution < -0.4 is 5.73 Å². The summed E-state index contributed by atoms with van der Waals surface area (Å²) in [5.74, 6) is 1.01. The third-order valence-corrected chi connectivity index (χ3v) is 2.00. The zero-order valence-corrected chi connectivity index (χ0v) is 8.04. The highest BCUT2D eigenvalue weighted by atomic mass is 16.3. The van der Waals surface area contributed by atoms with E-state index in [2.05, 4.69) is 15.1 Å². The smallest absolute Gasteiger partial charge is 0.164 e. The van der Waals surface area contributed by atoms with E-state index in [9.17, 15) is 0 Å².